The number of aliphatic hydroxyl groups excluding tert-OH is 1. The first-order valence-corrected chi connectivity index (χ1v) is 10.3. The van der Waals surface area contributed by atoms with E-state index in [1.54, 1.807) is 54.6 Å². The summed E-state index contributed by atoms with van der Waals surface area (Å²) >= 11 is 12.0. The standard InChI is InChI=1S/C23H20Cl2N2O5/c1-31-16-5-2-14(3-6-16)22(29)27-20(23(30)26-10-11-28)13-17-7-9-21(32-17)15-4-8-18(24)19(25)12-15/h2-9,12-13,28H,10-11H2,1H3,(H,26,30)(H,27,29)/b20-13+. The maximum Gasteiger partial charge on any atom is 0.268 e. The van der Waals surface area contributed by atoms with Gasteiger partial charge in [0.05, 0.1) is 23.8 Å². The van der Waals surface area contributed by atoms with Crippen molar-refractivity contribution in [1.82, 2.24) is 10.6 Å². The molecule has 0 atom stereocenters. The van der Waals surface area contributed by atoms with Gasteiger partial charge in [-0.15, -0.1) is 0 Å². The molecule has 3 N–H and O–H groups in total. The highest BCUT2D eigenvalue weighted by atomic mass is 35.5. The molecular formula is C23H20Cl2N2O5. The minimum atomic E-state index is -0.576. The lowest BCUT2D eigenvalue weighted by atomic mass is 10.2. The highest BCUT2D eigenvalue weighted by Gasteiger charge is 2.16. The van der Waals surface area contributed by atoms with Crippen molar-refractivity contribution in [2.45, 2.75) is 0 Å². The zero-order valence-electron chi connectivity index (χ0n) is 17.0. The summed E-state index contributed by atoms with van der Waals surface area (Å²) < 4.78 is 10.9. The summed E-state index contributed by atoms with van der Waals surface area (Å²) in [5, 5.41) is 14.9. The van der Waals surface area contributed by atoms with Crippen molar-refractivity contribution in [2.24, 2.45) is 0 Å². The molecule has 3 aromatic rings. The van der Waals surface area contributed by atoms with Gasteiger partial charge in [-0.25, -0.2) is 0 Å². The van der Waals surface area contributed by atoms with Gasteiger partial charge in [0, 0.05) is 23.7 Å². The van der Waals surface area contributed by atoms with Crippen LogP contribution in [0, 0.1) is 0 Å². The third-order valence-electron chi connectivity index (χ3n) is 4.36. The van der Waals surface area contributed by atoms with Gasteiger partial charge < -0.3 is 24.9 Å². The van der Waals surface area contributed by atoms with Crippen molar-refractivity contribution in [3.8, 4) is 17.1 Å². The molecule has 9 heteroatoms. The molecule has 0 aliphatic rings. The highest BCUT2D eigenvalue weighted by molar-refractivity contribution is 6.42. The zero-order valence-corrected chi connectivity index (χ0v) is 18.5. The molecule has 1 aromatic heterocycles. The fourth-order valence-corrected chi connectivity index (χ4v) is 3.04. The number of ether oxygens (including phenoxy) is 1. The van der Waals surface area contributed by atoms with Crippen LogP contribution in [0.5, 0.6) is 5.75 Å². The Morgan fingerprint density at radius 3 is 2.47 bits per heavy atom. The number of rotatable bonds is 8. The van der Waals surface area contributed by atoms with Crippen LogP contribution in [0.4, 0.5) is 0 Å². The van der Waals surface area contributed by atoms with E-state index in [1.165, 1.54) is 13.2 Å². The van der Waals surface area contributed by atoms with E-state index in [4.69, 9.17) is 37.5 Å². The van der Waals surface area contributed by atoms with Gasteiger partial charge in [0.1, 0.15) is 23.0 Å². The van der Waals surface area contributed by atoms with E-state index in [1.807, 2.05) is 0 Å². The zero-order chi connectivity index (χ0) is 23.1. The van der Waals surface area contributed by atoms with Crippen LogP contribution in [0.2, 0.25) is 10.0 Å². The van der Waals surface area contributed by atoms with Crippen LogP contribution in [-0.2, 0) is 4.79 Å². The van der Waals surface area contributed by atoms with Crippen molar-refractivity contribution < 1.29 is 23.8 Å². The number of methoxy groups -OCH3 is 1. The normalized spacial score (nSPS) is 11.2. The lowest BCUT2D eigenvalue weighted by Gasteiger charge is -2.10. The quantitative estimate of drug-likeness (QED) is 0.426. The molecule has 0 spiro atoms. The molecule has 0 aliphatic heterocycles. The maximum atomic E-state index is 12.6. The fourth-order valence-electron chi connectivity index (χ4n) is 2.74. The molecule has 3 rings (SSSR count). The molecule has 0 fully saturated rings. The summed E-state index contributed by atoms with van der Waals surface area (Å²) in [7, 11) is 1.52. The fraction of sp³-hybridized carbons (Fsp3) is 0.130. The number of hydrogen-bond donors (Lipinski definition) is 3. The van der Waals surface area contributed by atoms with Crippen LogP contribution in [0.25, 0.3) is 17.4 Å². The molecule has 2 amide bonds. The number of benzene rings is 2. The number of carbonyl (C=O) groups excluding carboxylic acids is 2. The molecule has 0 unspecified atom stereocenters. The highest BCUT2D eigenvalue weighted by Crippen LogP contribution is 2.30. The Hall–Kier alpha value is -3.26. The molecule has 2 aromatic carbocycles. The van der Waals surface area contributed by atoms with Crippen LogP contribution in [-0.4, -0.2) is 37.2 Å². The second-order valence-electron chi connectivity index (χ2n) is 6.55. The van der Waals surface area contributed by atoms with Crippen LogP contribution in [0.15, 0.2) is 64.7 Å². The molecule has 1 heterocycles. The third-order valence-corrected chi connectivity index (χ3v) is 5.10. The Morgan fingerprint density at radius 1 is 1.06 bits per heavy atom. The smallest absolute Gasteiger partial charge is 0.268 e. The number of furan rings is 1. The van der Waals surface area contributed by atoms with Gasteiger partial charge in [-0.05, 0) is 54.6 Å². The van der Waals surface area contributed by atoms with Gasteiger partial charge in [0.2, 0.25) is 0 Å². The Balaban J connectivity index is 1.86. The van der Waals surface area contributed by atoms with E-state index in [-0.39, 0.29) is 18.8 Å². The average Bonchev–Trinajstić information content (AvgIpc) is 3.27. The first-order valence-electron chi connectivity index (χ1n) is 9.52. The van der Waals surface area contributed by atoms with E-state index in [0.717, 1.165) is 0 Å². The number of amides is 2. The van der Waals surface area contributed by atoms with Gasteiger partial charge >= 0.3 is 0 Å². The van der Waals surface area contributed by atoms with E-state index in [9.17, 15) is 9.59 Å². The maximum absolute atomic E-state index is 12.6. The minimum Gasteiger partial charge on any atom is -0.497 e. The molecule has 0 saturated carbocycles. The van der Waals surface area contributed by atoms with Crippen LogP contribution in [0.1, 0.15) is 16.1 Å². The van der Waals surface area contributed by atoms with E-state index in [0.29, 0.717) is 38.4 Å². The number of carbonyl (C=O) groups is 2. The number of nitrogens with one attached hydrogen (secondary N) is 2. The molecular weight excluding hydrogens is 455 g/mol. The topological polar surface area (TPSA) is 101 Å². The summed E-state index contributed by atoms with van der Waals surface area (Å²) in [6.45, 7) is -0.213. The van der Waals surface area contributed by atoms with Crippen molar-refractivity contribution in [3.63, 3.8) is 0 Å². The number of aliphatic hydroxyl groups is 1. The number of halogens is 2. The van der Waals surface area contributed by atoms with Crippen molar-refractivity contribution in [2.75, 3.05) is 20.3 Å². The Kier molecular flexibility index (Phi) is 7.94. The summed E-state index contributed by atoms with van der Waals surface area (Å²) in [4.78, 5) is 25.2. The van der Waals surface area contributed by atoms with Crippen LogP contribution in [0.3, 0.4) is 0 Å². The van der Waals surface area contributed by atoms with Crippen molar-refractivity contribution >= 4 is 41.1 Å². The van der Waals surface area contributed by atoms with Crippen molar-refractivity contribution in [1.29, 1.82) is 0 Å². The number of hydrogen-bond acceptors (Lipinski definition) is 5. The Morgan fingerprint density at radius 2 is 1.81 bits per heavy atom. The van der Waals surface area contributed by atoms with Gasteiger partial charge in [0.25, 0.3) is 11.8 Å². The first kappa shape index (κ1) is 23.4. The monoisotopic (exact) mass is 474 g/mol. The summed E-state index contributed by atoms with van der Waals surface area (Å²) in [5.74, 6) is 0.368. The Bertz CT molecular complexity index is 1140. The van der Waals surface area contributed by atoms with Crippen LogP contribution < -0.4 is 15.4 Å². The largest absolute Gasteiger partial charge is 0.497 e. The van der Waals surface area contributed by atoms with Gasteiger partial charge in [-0.3, -0.25) is 9.59 Å². The molecule has 32 heavy (non-hydrogen) atoms. The second-order valence-corrected chi connectivity index (χ2v) is 7.37. The van der Waals surface area contributed by atoms with E-state index in [2.05, 4.69) is 10.6 Å². The van der Waals surface area contributed by atoms with Gasteiger partial charge in [-0.2, -0.15) is 0 Å². The van der Waals surface area contributed by atoms with Crippen molar-refractivity contribution in [3.05, 3.63) is 81.7 Å². The lowest BCUT2D eigenvalue weighted by molar-refractivity contribution is -0.117. The predicted molar refractivity (Wildman–Crippen MR) is 123 cm³/mol. The summed E-state index contributed by atoms with van der Waals surface area (Å²) in [6, 6.07) is 14.9. The molecule has 0 saturated heterocycles. The second kappa shape index (κ2) is 10.9. The SMILES string of the molecule is COc1ccc(C(=O)N/C(=C/c2ccc(-c3ccc(Cl)c(Cl)c3)o2)C(=O)NCCO)cc1. The molecule has 0 radical (unpaired) electrons. The summed E-state index contributed by atoms with van der Waals surface area (Å²) in [6.07, 6.45) is 1.40. The van der Waals surface area contributed by atoms with E-state index >= 15 is 0 Å². The first-order chi connectivity index (χ1) is 15.4. The minimum absolute atomic E-state index is 0.0290. The predicted octanol–water partition coefficient (Wildman–Crippen LogP) is 4.14. The Labute approximate surface area is 194 Å². The molecule has 0 aliphatic carbocycles. The molecule has 0 bridgehead atoms. The lowest BCUT2D eigenvalue weighted by Crippen LogP contribution is -2.36. The average molecular weight is 475 g/mol. The molecule has 7 nitrogen and oxygen atoms in total. The van der Waals surface area contributed by atoms with Gasteiger partial charge in [-0.1, -0.05) is 23.2 Å². The molecule has 166 valence electrons. The van der Waals surface area contributed by atoms with Gasteiger partial charge in [0.15, 0.2) is 0 Å². The summed E-state index contributed by atoms with van der Waals surface area (Å²) in [5.41, 5.74) is 0.990. The third kappa shape index (κ3) is 5.91. The van der Waals surface area contributed by atoms with E-state index < -0.39 is 11.8 Å². The van der Waals surface area contributed by atoms with Crippen LogP contribution >= 0.6 is 23.2 Å².